The zero-order chi connectivity index (χ0) is 51.4. The van der Waals surface area contributed by atoms with Crippen LogP contribution in [0, 0.1) is 0 Å². The minimum Gasteiger partial charge on any atom is -0.462 e. The Labute approximate surface area is 438 Å². The molecule has 1 unspecified atom stereocenters. The van der Waals surface area contributed by atoms with Gasteiger partial charge in [-0.25, -0.2) is 0 Å². The van der Waals surface area contributed by atoms with E-state index in [-0.39, 0.29) is 31.1 Å². The topological polar surface area (TPSA) is 78.9 Å². The highest BCUT2D eigenvalue weighted by atomic mass is 16.6. The molecule has 0 saturated heterocycles. The Kier molecular flexibility index (Phi) is 55.4. The molecule has 0 aromatic heterocycles. The molecule has 0 heterocycles. The summed E-state index contributed by atoms with van der Waals surface area (Å²) in [5.41, 5.74) is 0. The number of unbranched alkanes of at least 4 members (excludes halogenated alkanes) is 23. The minimum atomic E-state index is -0.791. The van der Waals surface area contributed by atoms with Crippen molar-refractivity contribution in [3.8, 4) is 0 Å². The lowest BCUT2D eigenvalue weighted by Crippen LogP contribution is -2.30. The average molecular weight is 986 g/mol. The summed E-state index contributed by atoms with van der Waals surface area (Å²) in [5, 5.41) is 0. The Hall–Kier alpha value is -3.93. The highest BCUT2D eigenvalue weighted by molar-refractivity contribution is 5.71. The number of ether oxygens (including phenoxy) is 3. The molecule has 6 nitrogen and oxygen atoms in total. The van der Waals surface area contributed by atoms with Crippen molar-refractivity contribution in [3.05, 3.63) is 109 Å². The molecule has 0 bridgehead atoms. The number of allylic oxidation sites excluding steroid dienone is 18. The fraction of sp³-hybridized carbons (Fsp3) is 0.677. The predicted octanol–water partition coefficient (Wildman–Crippen LogP) is 19.9. The van der Waals surface area contributed by atoms with Gasteiger partial charge in [0, 0.05) is 19.3 Å². The van der Waals surface area contributed by atoms with E-state index in [0.29, 0.717) is 19.3 Å². The molecule has 0 spiro atoms. The van der Waals surface area contributed by atoms with Crippen molar-refractivity contribution in [1.29, 1.82) is 0 Å². The summed E-state index contributed by atoms with van der Waals surface area (Å²) in [5.74, 6) is -0.913. The smallest absolute Gasteiger partial charge is 0.306 e. The van der Waals surface area contributed by atoms with Crippen LogP contribution in [-0.2, 0) is 28.6 Å². The van der Waals surface area contributed by atoms with Crippen LogP contribution in [0.5, 0.6) is 0 Å². The summed E-state index contributed by atoms with van der Waals surface area (Å²) in [4.78, 5) is 38.1. The normalized spacial score (nSPS) is 12.9. The molecule has 6 heteroatoms. The van der Waals surface area contributed by atoms with Crippen LogP contribution in [0.25, 0.3) is 0 Å². The Morgan fingerprint density at radius 2 is 0.549 bits per heavy atom. The second-order valence-electron chi connectivity index (χ2n) is 19.1. The number of hydrogen-bond acceptors (Lipinski definition) is 6. The van der Waals surface area contributed by atoms with E-state index >= 15 is 0 Å². The van der Waals surface area contributed by atoms with Crippen molar-refractivity contribution in [2.75, 3.05) is 13.2 Å². The molecule has 71 heavy (non-hydrogen) atoms. The fourth-order valence-corrected chi connectivity index (χ4v) is 7.88. The van der Waals surface area contributed by atoms with Gasteiger partial charge in [-0.3, -0.25) is 14.4 Å². The minimum absolute atomic E-state index is 0.0889. The average Bonchev–Trinajstić information content (AvgIpc) is 3.37. The van der Waals surface area contributed by atoms with Crippen LogP contribution in [-0.4, -0.2) is 37.2 Å². The van der Waals surface area contributed by atoms with Crippen LogP contribution in [0.15, 0.2) is 109 Å². The summed E-state index contributed by atoms with van der Waals surface area (Å²) >= 11 is 0. The molecule has 0 aliphatic heterocycles. The van der Waals surface area contributed by atoms with Crippen LogP contribution in [0.1, 0.15) is 265 Å². The first-order valence-electron chi connectivity index (χ1n) is 29.4. The van der Waals surface area contributed by atoms with E-state index in [2.05, 4.69) is 130 Å². The summed E-state index contributed by atoms with van der Waals surface area (Å²) in [7, 11) is 0. The van der Waals surface area contributed by atoms with Crippen LogP contribution in [0.2, 0.25) is 0 Å². The molecular formula is C65H108O6. The Bertz CT molecular complexity index is 1460. The standard InChI is InChI=1S/C65H108O6/c1-4-7-10-13-16-19-22-24-26-28-29-30-31-32-33-34-35-37-38-40-43-46-49-52-55-58-64(67)70-61-62(60-69-63(66)57-54-51-48-45-42-21-18-15-12-9-6-3)71-65(68)59-56-53-50-47-44-41-39-36-27-25-23-20-17-14-11-8-5-2/h7-8,10-11,15-20,24-27,29-30,32-33,62H,4-6,9,12-14,21-23,28,31,34-61H2,1-3H3/b10-7-,11-8-,18-15-,19-16-,20-17-,26-24-,27-25-,30-29-,33-32-. The molecule has 1 atom stereocenters. The number of rotatable bonds is 52. The fourth-order valence-electron chi connectivity index (χ4n) is 7.88. The van der Waals surface area contributed by atoms with Gasteiger partial charge in [0.05, 0.1) is 0 Å². The Morgan fingerprint density at radius 3 is 0.873 bits per heavy atom. The third-order valence-electron chi connectivity index (χ3n) is 12.2. The number of hydrogen-bond donors (Lipinski definition) is 0. The first kappa shape index (κ1) is 67.1. The summed E-state index contributed by atoms with van der Waals surface area (Å²) in [6, 6.07) is 0. The quantitative estimate of drug-likeness (QED) is 0.0261. The lowest BCUT2D eigenvalue weighted by atomic mass is 10.1. The third kappa shape index (κ3) is 56.9. The van der Waals surface area contributed by atoms with E-state index in [4.69, 9.17) is 14.2 Å². The summed E-state index contributed by atoms with van der Waals surface area (Å²) in [6.45, 7) is 6.36. The molecule has 0 saturated carbocycles. The van der Waals surface area contributed by atoms with Gasteiger partial charge in [0.15, 0.2) is 6.10 Å². The first-order valence-corrected chi connectivity index (χ1v) is 29.4. The first-order chi connectivity index (χ1) is 35.0. The maximum absolute atomic E-state index is 12.9. The Balaban J connectivity index is 4.32. The molecule has 0 rings (SSSR count). The highest BCUT2D eigenvalue weighted by Crippen LogP contribution is 2.15. The lowest BCUT2D eigenvalue weighted by molar-refractivity contribution is -0.167. The maximum atomic E-state index is 12.9. The van der Waals surface area contributed by atoms with Crippen molar-refractivity contribution < 1.29 is 28.6 Å². The van der Waals surface area contributed by atoms with Gasteiger partial charge >= 0.3 is 17.9 Å². The van der Waals surface area contributed by atoms with Crippen molar-refractivity contribution in [2.45, 2.75) is 271 Å². The molecule has 0 aromatic carbocycles. The molecule has 0 aromatic rings. The monoisotopic (exact) mass is 985 g/mol. The van der Waals surface area contributed by atoms with Gasteiger partial charge in [-0.05, 0) is 116 Å². The van der Waals surface area contributed by atoms with Crippen molar-refractivity contribution >= 4 is 17.9 Å². The molecule has 0 radical (unpaired) electrons. The van der Waals surface area contributed by atoms with E-state index in [9.17, 15) is 14.4 Å². The summed E-state index contributed by atoms with van der Waals surface area (Å²) in [6.07, 6.45) is 79.4. The number of carbonyl (C=O) groups is 3. The molecule has 0 amide bonds. The van der Waals surface area contributed by atoms with Crippen molar-refractivity contribution in [1.82, 2.24) is 0 Å². The van der Waals surface area contributed by atoms with Crippen LogP contribution < -0.4 is 0 Å². The maximum Gasteiger partial charge on any atom is 0.306 e. The van der Waals surface area contributed by atoms with Crippen LogP contribution in [0.3, 0.4) is 0 Å². The highest BCUT2D eigenvalue weighted by Gasteiger charge is 2.19. The van der Waals surface area contributed by atoms with Crippen molar-refractivity contribution in [2.24, 2.45) is 0 Å². The van der Waals surface area contributed by atoms with E-state index < -0.39 is 6.10 Å². The van der Waals surface area contributed by atoms with Crippen LogP contribution >= 0.6 is 0 Å². The van der Waals surface area contributed by atoms with Gasteiger partial charge in [-0.2, -0.15) is 0 Å². The van der Waals surface area contributed by atoms with Gasteiger partial charge < -0.3 is 14.2 Å². The van der Waals surface area contributed by atoms with Crippen LogP contribution in [0.4, 0.5) is 0 Å². The van der Waals surface area contributed by atoms with Gasteiger partial charge in [0.25, 0.3) is 0 Å². The van der Waals surface area contributed by atoms with Gasteiger partial charge in [-0.1, -0.05) is 239 Å². The largest absolute Gasteiger partial charge is 0.462 e. The second kappa shape index (κ2) is 58.6. The lowest BCUT2D eigenvalue weighted by Gasteiger charge is -2.18. The van der Waals surface area contributed by atoms with E-state index in [1.165, 1.54) is 96.3 Å². The predicted molar refractivity (Wildman–Crippen MR) is 307 cm³/mol. The van der Waals surface area contributed by atoms with E-state index in [1.807, 2.05) is 0 Å². The van der Waals surface area contributed by atoms with Gasteiger partial charge in [0.2, 0.25) is 0 Å². The van der Waals surface area contributed by atoms with Gasteiger partial charge in [-0.15, -0.1) is 0 Å². The molecule has 0 aliphatic carbocycles. The SMILES string of the molecule is CC/C=C\C/C=C\C/C=C\C/C=C\C/C=C\CCCCCCCCCCCC(=O)OCC(COC(=O)CCCCCCC/C=C\CCCC)OC(=O)CCCCCCCCC/C=C\C/C=C\C/C=C\CC. The molecule has 404 valence electrons. The van der Waals surface area contributed by atoms with E-state index in [1.54, 1.807) is 0 Å². The number of esters is 3. The molecule has 0 fully saturated rings. The molecular weight excluding hydrogens is 877 g/mol. The zero-order valence-electron chi connectivity index (χ0n) is 46.2. The molecule has 0 N–H and O–H groups in total. The molecule has 0 aliphatic rings. The number of carbonyl (C=O) groups excluding carboxylic acids is 3. The zero-order valence-corrected chi connectivity index (χ0v) is 46.2. The third-order valence-corrected chi connectivity index (χ3v) is 12.2. The second-order valence-corrected chi connectivity index (χ2v) is 19.1. The van der Waals surface area contributed by atoms with Crippen molar-refractivity contribution in [3.63, 3.8) is 0 Å². The van der Waals surface area contributed by atoms with E-state index in [0.717, 1.165) is 128 Å². The summed E-state index contributed by atoms with van der Waals surface area (Å²) < 4.78 is 16.8. The Morgan fingerprint density at radius 1 is 0.296 bits per heavy atom. The van der Waals surface area contributed by atoms with Gasteiger partial charge in [0.1, 0.15) is 13.2 Å².